The fourth-order valence-electron chi connectivity index (χ4n) is 2.34. The molecule has 1 atom stereocenters. The van der Waals surface area contributed by atoms with Gasteiger partial charge in [-0.3, -0.25) is 0 Å². The number of aromatic nitrogens is 3. The molecule has 1 aliphatic rings. The summed E-state index contributed by atoms with van der Waals surface area (Å²) in [6, 6.07) is 7.43. The summed E-state index contributed by atoms with van der Waals surface area (Å²) in [6.45, 7) is 1.90. The molecule has 23 heavy (non-hydrogen) atoms. The molecule has 1 fully saturated rings. The van der Waals surface area contributed by atoms with Crippen molar-refractivity contribution < 1.29 is 9.47 Å². The van der Waals surface area contributed by atoms with Crippen LogP contribution in [0.1, 0.15) is 19.3 Å². The summed E-state index contributed by atoms with van der Waals surface area (Å²) >= 11 is 9.20. The molecule has 1 unspecified atom stereocenters. The summed E-state index contributed by atoms with van der Waals surface area (Å²) in [5.74, 6) is 0.646. The van der Waals surface area contributed by atoms with Crippen LogP contribution in [0.15, 0.2) is 29.0 Å². The van der Waals surface area contributed by atoms with E-state index in [9.17, 15) is 0 Å². The second-order valence-corrected chi connectivity index (χ2v) is 6.37. The smallest absolute Gasteiger partial charge is 0.226 e. The van der Waals surface area contributed by atoms with Crippen LogP contribution in [0.4, 0.5) is 11.6 Å². The molecule has 2 aromatic rings. The topological polar surface area (TPSA) is 61.2 Å². The molecule has 124 valence electrons. The lowest BCUT2D eigenvalue weighted by Gasteiger charge is -2.22. The maximum atomic E-state index is 5.90. The van der Waals surface area contributed by atoms with Gasteiger partial charge in [0.05, 0.1) is 13.2 Å². The summed E-state index contributed by atoms with van der Waals surface area (Å²) in [6.07, 6.45) is 3.13. The maximum Gasteiger partial charge on any atom is 0.226 e. The minimum absolute atomic E-state index is 0.0941. The number of nitrogens with one attached hydrogen (secondary N) is 1. The molecule has 1 N–H and O–H groups in total. The average Bonchev–Trinajstić information content (AvgIpc) is 2.90. The fourth-order valence-corrected chi connectivity index (χ4v) is 2.82. The van der Waals surface area contributed by atoms with E-state index in [0.717, 1.165) is 31.6 Å². The Morgan fingerprint density at radius 3 is 2.91 bits per heavy atom. The first-order valence-electron chi connectivity index (χ1n) is 7.57. The van der Waals surface area contributed by atoms with E-state index in [-0.39, 0.29) is 6.29 Å². The minimum Gasteiger partial charge on any atom is -0.353 e. The van der Waals surface area contributed by atoms with Crippen LogP contribution in [0.2, 0.25) is 5.02 Å². The Hall–Kier alpha value is -1.15. The molecule has 8 heteroatoms. The Bertz CT molecular complexity index is 629. The molecule has 1 aromatic heterocycles. The van der Waals surface area contributed by atoms with E-state index in [0.29, 0.717) is 28.9 Å². The summed E-state index contributed by atoms with van der Waals surface area (Å²) in [7, 11) is 0. The minimum atomic E-state index is -0.0941. The number of benzene rings is 1. The Labute approximate surface area is 148 Å². The molecule has 1 saturated heterocycles. The van der Waals surface area contributed by atoms with E-state index in [1.54, 1.807) is 4.68 Å². The van der Waals surface area contributed by atoms with Crippen LogP contribution in [0.3, 0.4) is 0 Å². The molecule has 0 saturated carbocycles. The Morgan fingerprint density at radius 1 is 1.35 bits per heavy atom. The average molecular weight is 402 g/mol. The molecular formula is C15H18BrClN4O2. The quantitative estimate of drug-likeness (QED) is 0.793. The summed E-state index contributed by atoms with van der Waals surface area (Å²) in [5, 5.41) is 8.24. The zero-order chi connectivity index (χ0) is 16.1. The largest absolute Gasteiger partial charge is 0.353 e. The predicted octanol–water partition coefficient (Wildman–Crippen LogP) is 3.98. The van der Waals surface area contributed by atoms with E-state index in [4.69, 9.17) is 21.1 Å². The van der Waals surface area contributed by atoms with Crippen molar-refractivity contribution in [2.45, 2.75) is 32.1 Å². The van der Waals surface area contributed by atoms with Gasteiger partial charge in [0.25, 0.3) is 0 Å². The van der Waals surface area contributed by atoms with Gasteiger partial charge in [-0.1, -0.05) is 11.6 Å². The third-order valence-electron chi connectivity index (χ3n) is 3.49. The second kappa shape index (κ2) is 8.10. The lowest BCUT2D eigenvalue weighted by Crippen LogP contribution is -2.24. The number of anilines is 2. The number of halogens is 2. The highest BCUT2D eigenvalue weighted by Gasteiger charge is 2.15. The standard InChI is InChI=1S/C15H18BrClN4O2/c16-14-19-15(18-12-6-4-11(17)5-7-12)21(20-14)8-10-23-13-3-1-2-9-22-13/h4-7,13H,1-3,8-10H2,(H,18,19,20). The molecular weight excluding hydrogens is 384 g/mol. The van der Waals surface area contributed by atoms with Gasteiger partial charge in [-0.05, 0) is 59.5 Å². The van der Waals surface area contributed by atoms with Crippen molar-refractivity contribution in [3.8, 4) is 0 Å². The molecule has 0 spiro atoms. The first-order valence-corrected chi connectivity index (χ1v) is 8.74. The van der Waals surface area contributed by atoms with Crippen LogP contribution < -0.4 is 5.32 Å². The summed E-state index contributed by atoms with van der Waals surface area (Å²) < 4.78 is 13.6. The number of hydrogen-bond donors (Lipinski definition) is 1. The zero-order valence-electron chi connectivity index (χ0n) is 12.5. The van der Waals surface area contributed by atoms with Crippen LogP contribution in [-0.2, 0) is 16.0 Å². The predicted molar refractivity (Wildman–Crippen MR) is 92.0 cm³/mol. The van der Waals surface area contributed by atoms with Crippen molar-refractivity contribution in [1.29, 1.82) is 0 Å². The van der Waals surface area contributed by atoms with Crippen LogP contribution in [-0.4, -0.2) is 34.3 Å². The normalized spacial score (nSPS) is 18.1. The third kappa shape index (κ3) is 4.91. The molecule has 2 heterocycles. The highest BCUT2D eigenvalue weighted by Crippen LogP contribution is 2.19. The Kier molecular flexibility index (Phi) is 5.88. The van der Waals surface area contributed by atoms with E-state index in [2.05, 4.69) is 31.3 Å². The van der Waals surface area contributed by atoms with Crippen molar-refractivity contribution in [3.63, 3.8) is 0 Å². The molecule has 6 nitrogen and oxygen atoms in total. The molecule has 0 amide bonds. The molecule has 1 aromatic carbocycles. The van der Waals surface area contributed by atoms with Gasteiger partial charge >= 0.3 is 0 Å². The highest BCUT2D eigenvalue weighted by molar-refractivity contribution is 9.10. The van der Waals surface area contributed by atoms with Gasteiger partial charge in [0, 0.05) is 17.3 Å². The van der Waals surface area contributed by atoms with Gasteiger partial charge in [-0.15, -0.1) is 5.10 Å². The molecule has 3 rings (SSSR count). The lowest BCUT2D eigenvalue weighted by atomic mass is 10.2. The lowest BCUT2D eigenvalue weighted by molar-refractivity contribution is -0.163. The highest BCUT2D eigenvalue weighted by atomic mass is 79.9. The van der Waals surface area contributed by atoms with Crippen LogP contribution in [0.25, 0.3) is 0 Å². The number of nitrogens with zero attached hydrogens (tertiary/aromatic N) is 3. The first kappa shape index (κ1) is 16.7. The number of ether oxygens (including phenoxy) is 2. The van der Waals surface area contributed by atoms with Gasteiger partial charge in [-0.2, -0.15) is 4.98 Å². The van der Waals surface area contributed by atoms with E-state index in [1.807, 2.05) is 24.3 Å². The van der Waals surface area contributed by atoms with E-state index < -0.39 is 0 Å². The summed E-state index contributed by atoms with van der Waals surface area (Å²) in [4.78, 5) is 4.33. The van der Waals surface area contributed by atoms with Crippen LogP contribution in [0, 0.1) is 0 Å². The first-order chi connectivity index (χ1) is 11.2. The van der Waals surface area contributed by atoms with Gasteiger partial charge in [0.2, 0.25) is 10.7 Å². The monoisotopic (exact) mass is 400 g/mol. The van der Waals surface area contributed by atoms with Gasteiger partial charge in [0.15, 0.2) is 6.29 Å². The fraction of sp³-hybridized carbons (Fsp3) is 0.467. The third-order valence-corrected chi connectivity index (χ3v) is 4.08. The Morgan fingerprint density at radius 2 is 2.17 bits per heavy atom. The number of hydrogen-bond acceptors (Lipinski definition) is 5. The van der Waals surface area contributed by atoms with Crippen LogP contribution in [0.5, 0.6) is 0 Å². The van der Waals surface area contributed by atoms with E-state index >= 15 is 0 Å². The number of rotatable bonds is 6. The van der Waals surface area contributed by atoms with Crippen LogP contribution >= 0.6 is 27.5 Å². The maximum absolute atomic E-state index is 5.90. The SMILES string of the molecule is Clc1ccc(Nc2nc(Br)nn2CCOC2CCCCO2)cc1. The van der Waals surface area contributed by atoms with Crippen molar-refractivity contribution >= 4 is 39.2 Å². The second-order valence-electron chi connectivity index (χ2n) is 5.23. The van der Waals surface area contributed by atoms with Gasteiger partial charge in [-0.25, -0.2) is 4.68 Å². The molecule has 0 radical (unpaired) electrons. The van der Waals surface area contributed by atoms with E-state index in [1.165, 1.54) is 0 Å². The molecule has 1 aliphatic heterocycles. The van der Waals surface area contributed by atoms with Gasteiger partial charge < -0.3 is 14.8 Å². The zero-order valence-corrected chi connectivity index (χ0v) is 14.9. The summed E-state index contributed by atoms with van der Waals surface area (Å²) in [5.41, 5.74) is 0.895. The van der Waals surface area contributed by atoms with Gasteiger partial charge in [0.1, 0.15) is 0 Å². The molecule has 0 aliphatic carbocycles. The van der Waals surface area contributed by atoms with Crippen molar-refractivity contribution in [2.75, 3.05) is 18.5 Å². The van der Waals surface area contributed by atoms with Crippen molar-refractivity contribution in [3.05, 3.63) is 34.0 Å². The Balaban J connectivity index is 1.57. The van der Waals surface area contributed by atoms with Crippen molar-refractivity contribution in [2.24, 2.45) is 0 Å². The molecule has 0 bridgehead atoms. The van der Waals surface area contributed by atoms with Crippen molar-refractivity contribution in [1.82, 2.24) is 14.8 Å².